The van der Waals surface area contributed by atoms with Crippen LogP contribution in [-0.2, 0) is 6.42 Å². The van der Waals surface area contributed by atoms with Crippen LogP contribution in [0, 0.1) is 0 Å². The number of benzene rings is 2. The molecule has 2 aliphatic rings. The summed E-state index contributed by atoms with van der Waals surface area (Å²) in [7, 11) is 3.41. The van der Waals surface area contributed by atoms with Crippen LogP contribution in [-0.4, -0.2) is 44.8 Å². The van der Waals surface area contributed by atoms with Crippen LogP contribution in [0.1, 0.15) is 22.7 Å². The maximum absolute atomic E-state index is 5.57. The molecule has 0 spiro atoms. The van der Waals surface area contributed by atoms with E-state index in [1.54, 1.807) is 14.2 Å². The molecule has 0 saturated carbocycles. The van der Waals surface area contributed by atoms with Crippen molar-refractivity contribution >= 4 is 24.8 Å². The SMILES string of the molecule is COc1cc2c(cc1OC)C(c1ccccc1)N1CCNCC1C2.Cl.Cl. The van der Waals surface area contributed by atoms with E-state index in [2.05, 4.69) is 52.7 Å². The Morgan fingerprint density at radius 1 is 1.00 bits per heavy atom. The van der Waals surface area contributed by atoms with Gasteiger partial charge in [0.05, 0.1) is 20.3 Å². The van der Waals surface area contributed by atoms with Crippen LogP contribution in [0.15, 0.2) is 42.5 Å². The first-order chi connectivity index (χ1) is 11.8. The van der Waals surface area contributed by atoms with Gasteiger partial charge >= 0.3 is 0 Å². The Balaban J connectivity index is 0.00000121. The van der Waals surface area contributed by atoms with Crippen LogP contribution in [0.2, 0.25) is 0 Å². The fraction of sp³-hybridized carbons (Fsp3) is 0.400. The minimum Gasteiger partial charge on any atom is -0.493 e. The van der Waals surface area contributed by atoms with Crippen molar-refractivity contribution in [3.05, 3.63) is 59.2 Å². The first-order valence-electron chi connectivity index (χ1n) is 8.58. The lowest BCUT2D eigenvalue weighted by atomic mass is 9.83. The first kappa shape index (κ1) is 20.8. The molecular formula is C20H26Cl2N2O2. The molecule has 2 aromatic rings. The molecule has 4 rings (SSSR count). The molecule has 0 radical (unpaired) electrons. The lowest BCUT2D eigenvalue weighted by Crippen LogP contribution is -2.55. The number of ether oxygens (including phenoxy) is 2. The topological polar surface area (TPSA) is 33.7 Å². The summed E-state index contributed by atoms with van der Waals surface area (Å²) in [6, 6.07) is 15.9. The van der Waals surface area contributed by atoms with Crippen LogP contribution >= 0.6 is 24.8 Å². The Morgan fingerprint density at radius 2 is 1.69 bits per heavy atom. The molecule has 2 heterocycles. The van der Waals surface area contributed by atoms with Gasteiger partial charge in [-0.2, -0.15) is 0 Å². The molecule has 2 aromatic carbocycles. The molecular weight excluding hydrogens is 371 g/mol. The Bertz CT molecular complexity index is 727. The quantitative estimate of drug-likeness (QED) is 0.860. The summed E-state index contributed by atoms with van der Waals surface area (Å²) in [5.41, 5.74) is 4.06. The number of hydrogen-bond acceptors (Lipinski definition) is 4. The van der Waals surface area contributed by atoms with E-state index in [0.29, 0.717) is 6.04 Å². The van der Waals surface area contributed by atoms with Crippen LogP contribution in [0.3, 0.4) is 0 Å². The molecule has 26 heavy (non-hydrogen) atoms. The highest BCUT2D eigenvalue weighted by molar-refractivity contribution is 5.85. The van der Waals surface area contributed by atoms with Crippen molar-refractivity contribution in [2.75, 3.05) is 33.9 Å². The van der Waals surface area contributed by atoms with Crippen LogP contribution < -0.4 is 14.8 Å². The second-order valence-corrected chi connectivity index (χ2v) is 6.52. The molecule has 4 nitrogen and oxygen atoms in total. The number of methoxy groups -OCH3 is 2. The highest BCUT2D eigenvalue weighted by atomic mass is 35.5. The molecule has 142 valence electrons. The Labute approximate surface area is 167 Å². The molecule has 0 amide bonds. The summed E-state index contributed by atoms with van der Waals surface area (Å²) in [4.78, 5) is 2.64. The molecule has 2 atom stereocenters. The normalized spacial score (nSPS) is 21.5. The summed E-state index contributed by atoms with van der Waals surface area (Å²) >= 11 is 0. The molecule has 1 N–H and O–H groups in total. The fourth-order valence-electron chi connectivity index (χ4n) is 4.11. The molecule has 6 heteroatoms. The number of hydrogen-bond donors (Lipinski definition) is 1. The van der Waals surface area contributed by atoms with Gasteiger partial charge in [0.25, 0.3) is 0 Å². The molecule has 2 unspecified atom stereocenters. The van der Waals surface area contributed by atoms with Gasteiger partial charge in [-0.3, -0.25) is 4.90 Å². The van der Waals surface area contributed by atoms with Crippen molar-refractivity contribution in [2.45, 2.75) is 18.5 Å². The van der Waals surface area contributed by atoms with Gasteiger partial charge in [-0.05, 0) is 35.2 Å². The Hall–Kier alpha value is -1.46. The van der Waals surface area contributed by atoms with E-state index in [-0.39, 0.29) is 30.9 Å². The van der Waals surface area contributed by atoms with E-state index in [1.807, 2.05) is 0 Å². The van der Waals surface area contributed by atoms with E-state index < -0.39 is 0 Å². The smallest absolute Gasteiger partial charge is 0.161 e. The summed E-state index contributed by atoms with van der Waals surface area (Å²) < 4.78 is 11.1. The third kappa shape index (κ3) is 3.65. The summed E-state index contributed by atoms with van der Waals surface area (Å²) in [6.45, 7) is 3.15. The zero-order valence-electron chi connectivity index (χ0n) is 15.1. The number of nitrogens with zero attached hydrogens (tertiary/aromatic N) is 1. The number of fused-ring (bicyclic) bond motifs is 2. The minimum absolute atomic E-state index is 0. The monoisotopic (exact) mass is 396 g/mol. The van der Waals surface area contributed by atoms with E-state index in [0.717, 1.165) is 37.6 Å². The van der Waals surface area contributed by atoms with Gasteiger partial charge in [-0.25, -0.2) is 0 Å². The van der Waals surface area contributed by atoms with Crippen molar-refractivity contribution < 1.29 is 9.47 Å². The molecule has 0 aliphatic carbocycles. The minimum atomic E-state index is 0. The molecule has 0 bridgehead atoms. The standard InChI is InChI=1S/C20H24N2O2.2ClH/c1-23-18-11-15-10-16-13-21-8-9-22(16)20(14-6-4-3-5-7-14)17(15)12-19(18)24-2;;/h3-7,11-12,16,20-21H,8-10,13H2,1-2H3;2*1H. The van der Waals surface area contributed by atoms with Gasteiger partial charge < -0.3 is 14.8 Å². The summed E-state index contributed by atoms with van der Waals surface area (Å²) in [5.74, 6) is 1.63. The zero-order valence-corrected chi connectivity index (χ0v) is 16.7. The lowest BCUT2D eigenvalue weighted by molar-refractivity contribution is 0.111. The first-order valence-corrected chi connectivity index (χ1v) is 8.58. The van der Waals surface area contributed by atoms with E-state index in [4.69, 9.17) is 9.47 Å². The van der Waals surface area contributed by atoms with E-state index >= 15 is 0 Å². The van der Waals surface area contributed by atoms with Crippen molar-refractivity contribution in [3.8, 4) is 11.5 Å². The van der Waals surface area contributed by atoms with Gasteiger partial charge in [-0.1, -0.05) is 30.3 Å². The largest absolute Gasteiger partial charge is 0.493 e. The van der Waals surface area contributed by atoms with Gasteiger partial charge in [0.1, 0.15) is 0 Å². The maximum atomic E-state index is 5.57. The van der Waals surface area contributed by atoms with Gasteiger partial charge in [0, 0.05) is 25.7 Å². The van der Waals surface area contributed by atoms with Crippen molar-refractivity contribution in [2.24, 2.45) is 0 Å². The molecule has 1 fully saturated rings. The zero-order chi connectivity index (χ0) is 16.5. The number of halogens is 2. The van der Waals surface area contributed by atoms with Crippen molar-refractivity contribution in [3.63, 3.8) is 0 Å². The number of piperazine rings is 1. The average molecular weight is 397 g/mol. The van der Waals surface area contributed by atoms with Gasteiger partial charge in [0.2, 0.25) is 0 Å². The van der Waals surface area contributed by atoms with Crippen LogP contribution in [0.4, 0.5) is 0 Å². The third-order valence-corrected chi connectivity index (χ3v) is 5.24. The predicted octanol–water partition coefficient (Wildman–Crippen LogP) is 3.47. The van der Waals surface area contributed by atoms with Crippen molar-refractivity contribution in [1.29, 1.82) is 0 Å². The molecule has 1 saturated heterocycles. The Kier molecular flexibility index (Phi) is 7.18. The van der Waals surface area contributed by atoms with E-state index in [1.165, 1.54) is 16.7 Å². The highest BCUT2D eigenvalue weighted by Crippen LogP contribution is 2.42. The predicted molar refractivity (Wildman–Crippen MR) is 109 cm³/mol. The summed E-state index contributed by atoms with van der Waals surface area (Å²) in [5, 5.41) is 3.54. The number of nitrogens with one attached hydrogen (secondary N) is 1. The van der Waals surface area contributed by atoms with E-state index in [9.17, 15) is 0 Å². The number of rotatable bonds is 3. The van der Waals surface area contributed by atoms with Gasteiger partial charge in [-0.15, -0.1) is 24.8 Å². The molecule has 0 aromatic heterocycles. The van der Waals surface area contributed by atoms with Crippen molar-refractivity contribution in [1.82, 2.24) is 10.2 Å². The lowest BCUT2D eigenvalue weighted by Gasteiger charge is -2.46. The third-order valence-electron chi connectivity index (χ3n) is 5.24. The average Bonchev–Trinajstić information content (AvgIpc) is 2.65. The molecule has 2 aliphatic heterocycles. The van der Waals surface area contributed by atoms with Crippen LogP contribution in [0.25, 0.3) is 0 Å². The van der Waals surface area contributed by atoms with Gasteiger partial charge in [0.15, 0.2) is 11.5 Å². The Morgan fingerprint density at radius 3 is 2.38 bits per heavy atom. The second-order valence-electron chi connectivity index (χ2n) is 6.52. The maximum Gasteiger partial charge on any atom is 0.161 e. The van der Waals surface area contributed by atoms with Crippen LogP contribution in [0.5, 0.6) is 11.5 Å². The fourth-order valence-corrected chi connectivity index (χ4v) is 4.11. The summed E-state index contributed by atoms with van der Waals surface area (Å²) in [6.07, 6.45) is 1.05. The highest BCUT2D eigenvalue weighted by Gasteiger charge is 2.37. The second kappa shape index (κ2) is 8.96.